The molecule has 2 amide bonds. The highest BCUT2D eigenvalue weighted by Gasteiger charge is 2.26. The fraction of sp³-hybridized carbons (Fsp3) is 0.385. The van der Waals surface area contributed by atoms with E-state index in [2.05, 4.69) is 0 Å². The Labute approximate surface area is 209 Å². The van der Waals surface area contributed by atoms with Gasteiger partial charge in [0.25, 0.3) is 0 Å². The molecule has 2 aromatic rings. The third-order valence-corrected chi connectivity index (χ3v) is 5.97. The van der Waals surface area contributed by atoms with Gasteiger partial charge in [-0.2, -0.15) is 10.5 Å². The highest BCUT2D eigenvalue weighted by atomic mass is 19.1. The number of anilines is 2. The highest BCUT2D eigenvalue weighted by molar-refractivity contribution is 5.95. The van der Waals surface area contributed by atoms with Crippen LogP contribution >= 0.6 is 0 Å². The number of carbonyl (C=O) groups excluding carboxylic acids is 2. The second-order valence-electron chi connectivity index (χ2n) is 8.36. The van der Waals surface area contributed by atoms with Crippen molar-refractivity contribution in [3.63, 3.8) is 0 Å². The van der Waals surface area contributed by atoms with Crippen LogP contribution in [0, 0.1) is 34.3 Å². The van der Waals surface area contributed by atoms with Crippen molar-refractivity contribution in [1.29, 1.82) is 10.5 Å². The maximum Gasteiger partial charge on any atom is 0.241 e. The average Bonchev–Trinajstić information content (AvgIpc) is 2.87. The van der Waals surface area contributed by atoms with Gasteiger partial charge in [0.05, 0.1) is 49.4 Å². The molecule has 3 rings (SSSR count). The Hall–Kier alpha value is -3.86. The predicted octanol–water partition coefficient (Wildman–Crippen LogP) is 2.78. The number of nitriles is 2. The molecule has 0 unspecified atom stereocenters. The van der Waals surface area contributed by atoms with E-state index in [1.807, 2.05) is 21.9 Å². The zero-order chi connectivity index (χ0) is 25.9. The lowest BCUT2D eigenvalue weighted by Crippen LogP contribution is -2.52. The van der Waals surface area contributed by atoms with Crippen molar-refractivity contribution in [2.75, 3.05) is 62.2 Å². The summed E-state index contributed by atoms with van der Waals surface area (Å²) in [6.45, 7) is 2.37. The van der Waals surface area contributed by atoms with Crippen LogP contribution in [-0.2, 0) is 9.59 Å². The molecule has 1 fully saturated rings. The minimum atomic E-state index is -0.525. The van der Waals surface area contributed by atoms with Crippen LogP contribution in [0.15, 0.2) is 48.5 Å². The average molecular weight is 495 g/mol. The van der Waals surface area contributed by atoms with E-state index in [1.54, 1.807) is 24.3 Å². The van der Waals surface area contributed by atoms with Crippen LogP contribution in [0.1, 0.15) is 12.8 Å². The van der Waals surface area contributed by atoms with Crippen molar-refractivity contribution in [3.8, 4) is 12.1 Å². The smallest absolute Gasteiger partial charge is 0.241 e. The molecule has 1 saturated heterocycles. The number of amides is 2. The Kier molecular flexibility index (Phi) is 9.87. The Balaban J connectivity index is 1.57. The Bertz CT molecular complexity index is 1050. The third kappa shape index (κ3) is 7.08. The van der Waals surface area contributed by atoms with E-state index in [4.69, 9.17) is 10.5 Å². The van der Waals surface area contributed by atoms with E-state index in [9.17, 15) is 18.4 Å². The van der Waals surface area contributed by atoms with Crippen LogP contribution < -0.4 is 9.80 Å². The molecule has 10 heteroatoms. The molecule has 1 aliphatic heterocycles. The first-order valence-corrected chi connectivity index (χ1v) is 11.7. The van der Waals surface area contributed by atoms with Crippen molar-refractivity contribution in [2.24, 2.45) is 0 Å². The van der Waals surface area contributed by atoms with Gasteiger partial charge in [-0.25, -0.2) is 8.78 Å². The normalized spacial score (nSPS) is 14.0. The van der Waals surface area contributed by atoms with Gasteiger partial charge in [0, 0.05) is 39.3 Å². The van der Waals surface area contributed by atoms with Crippen molar-refractivity contribution >= 4 is 23.2 Å². The minimum absolute atomic E-state index is 0.0606. The number of piperazine rings is 1. The molecule has 0 atom stereocenters. The van der Waals surface area contributed by atoms with E-state index < -0.39 is 11.6 Å². The van der Waals surface area contributed by atoms with Crippen LogP contribution in [0.5, 0.6) is 0 Å². The van der Waals surface area contributed by atoms with Gasteiger partial charge in [0.2, 0.25) is 11.8 Å². The van der Waals surface area contributed by atoms with Crippen molar-refractivity contribution in [2.45, 2.75) is 12.8 Å². The molecule has 0 N–H and O–H groups in total. The summed E-state index contributed by atoms with van der Waals surface area (Å²) in [6, 6.07) is 15.9. The summed E-state index contributed by atoms with van der Waals surface area (Å²) < 4.78 is 28.6. The third-order valence-electron chi connectivity index (χ3n) is 5.97. The van der Waals surface area contributed by atoms with Gasteiger partial charge in [-0.15, -0.1) is 0 Å². The maximum absolute atomic E-state index is 14.3. The van der Waals surface area contributed by atoms with Crippen LogP contribution in [0.3, 0.4) is 0 Å². The van der Waals surface area contributed by atoms with Gasteiger partial charge in [0.1, 0.15) is 11.6 Å². The van der Waals surface area contributed by atoms with Crippen molar-refractivity contribution < 1.29 is 18.4 Å². The molecule has 1 aliphatic rings. The zero-order valence-corrected chi connectivity index (χ0v) is 19.9. The second kappa shape index (κ2) is 13.3. The summed E-state index contributed by atoms with van der Waals surface area (Å²) in [4.78, 5) is 32.4. The molecular formula is C26H28F2N6O2. The van der Waals surface area contributed by atoms with Crippen LogP contribution in [0.25, 0.3) is 0 Å². The lowest BCUT2D eigenvalue weighted by molar-refractivity contribution is -0.122. The minimum Gasteiger partial charge on any atom is -0.308 e. The van der Waals surface area contributed by atoms with Crippen molar-refractivity contribution in [1.82, 2.24) is 9.80 Å². The molecule has 0 spiro atoms. The number of hydrogen-bond acceptors (Lipinski definition) is 6. The lowest BCUT2D eigenvalue weighted by Gasteiger charge is -2.36. The summed E-state index contributed by atoms with van der Waals surface area (Å²) in [6.07, 6.45) is 0.167. The van der Waals surface area contributed by atoms with Crippen molar-refractivity contribution in [3.05, 3.63) is 60.2 Å². The molecule has 0 saturated carbocycles. The molecule has 188 valence electrons. The summed E-state index contributed by atoms with van der Waals surface area (Å²) in [5.74, 6) is -1.66. The zero-order valence-electron chi connectivity index (χ0n) is 19.9. The number of carbonyl (C=O) groups is 2. The Morgan fingerprint density at radius 3 is 1.42 bits per heavy atom. The molecule has 0 aliphatic carbocycles. The van der Waals surface area contributed by atoms with E-state index >= 15 is 0 Å². The molecule has 36 heavy (non-hydrogen) atoms. The van der Waals surface area contributed by atoms with Gasteiger partial charge < -0.3 is 9.80 Å². The standard InChI is InChI=1S/C26H28F2N6O2/c27-21-7-1-3-9-23(21)33(13-5-11-29)25(35)19-31-15-17-32(18-16-31)20-26(36)34(14-6-12-30)24-10-4-2-8-22(24)28/h1-4,7-10H,5-6,13-20H2. The van der Waals surface area contributed by atoms with Gasteiger partial charge >= 0.3 is 0 Å². The molecule has 0 aromatic heterocycles. The first-order chi connectivity index (χ1) is 17.4. The fourth-order valence-electron chi connectivity index (χ4n) is 4.08. The van der Waals surface area contributed by atoms with Crippen LogP contribution in [0.4, 0.5) is 20.2 Å². The Morgan fingerprint density at radius 1 is 0.722 bits per heavy atom. The Morgan fingerprint density at radius 2 is 1.08 bits per heavy atom. The molecule has 8 nitrogen and oxygen atoms in total. The van der Waals surface area contributed by atoms with E-state index in [-0.39, 0.29) is 62.2 Å². The topological polar surface area (TPSA) is 94.7 Å². The summed E-state index contributed by atoms with van der Waals surface area (Å²) in [7, 11) is 0. The fourth-order valence-corrected chi connectivity index (χ4v) is 4.08. The highest BCUT2D eigenvalue weighted by Crippen LogP contribution is 2.21. The first kappa shape index (κ1) is 26.7. The van der Waals surface area contributed by atoms with Crippen LogP contribution in [0.2, 0.25) is 0 Å². The lowest BCUT2D eigenvalue weighted by atomic mass is 10.2. The maximum atomic E-state index is 14.3. The van der Waals surface area contributed by atoms with Gasteiger partial charge in [-0.1, -0.05) is 24.3 Å². The second-order valence-corrected chi connectivity index (χ2v) is 8.36. The summed E-state index contributed by atoms with van der Waals surface area (Å²) in [5.41, 5.74) is 0.292. The number of halogens is 2. The number of rotatable bonds is 10. The molecule has 0 bridgehead atoms. The summed E-state index contributed by atoms with van der Waals surface area (Å²) in [5, 5.41) is 17.9. The number of para-hydroxylation sites is 2. The summed E-state index contributed by atoms with van der Waals surface area (Å²) >= 11 is 0. The first-order valence-electron chi connectivity index (χ1n) is 11.7. The van der Waals surface area contributed by atoms with Gasteiger partial charge in [0.15, 0.2) is 0 Å². The quantitative estimate of drug-likeness (QED) is 0.504. The molecule has 2 aromatic carbocycles. The van der Waals surface area contributed by atoms with Gasteiger partial charge in [-0.05, 0) is 24.3 Å². The van der Waals surface area contributed by atoms with E-state index in [1.165, 1.54) is 34.1 Å². The number of hydrogen-bond donors (Lipinski definition) is 0. The molecular weight excluding hydrogens is 466 g/mol. The largest absolute Gasteiger partial charge is 0.308 e. The van der Waals surface area contributed by atoms with Gasteiger partial charge in [-0.3, -0.25) is 19.4 Å². The number of nitrogens with zero attached hydrogens (tertiary/aromatic N) is 6. The van der Waals surface area contributed by atoms with E-state index in [0.29, 0.717) is 26.2 Å². The molecule has 0 radical (unpaired) electrons. The predicted molar refractivity (Wildman–Crippen MR) is 131 cm³/mol. The number of benzene rings is 2. The molecule has 1 heterocycles. The van der Waals surface area contributed by atoms with E-state index in [0.717, 1.165) is 0 Å². The SMILES string of the molecule is N#CCCN(C(=O)CN1CCN(CC(=O)N(CCC#N)c2ccccc2F)CC1)c1ccccc1F. The van der Waals surface area contributed by atoms with Crippen LogP contribution in [-0.4, -0.2) is 74.0 Å². The monoisotopic (exact) mass is 494 g/mol.